The molecular weight excluding hydrogens is 759 g/mol. The SMILES string of the molecule is CCc1cccc(-c2ccc(N(c3ccc4c(c3)C3(c5ccccc5-4)c4cc(C(C)(C)C)ccc4-c4ccc(C(C)(C)C)cc43)c3cccc4c3-c3ccccc3C4(C)C)cc2)c1. The first kappa shape index (κ1) is 39.4. The molecule has 310 valence electrons. The predicted molar refractivity (Wildman–Crippen MR) is 267 cm³/mol. The topological polar surface area (TPSA) is 3.24 Å². The summed E-state index contributed by atoms with van der Waals surface area (Å²) in [5.74, 6) is 0. The highest BCUT2D eigenvalue weighted by molar-refractivity contribution is 5.99. The van der Waals surface area contributed by atoms with Gasteiger partial charge in [0.05, 0.1) is 11.1 Å². The summed E-state index contributed by atoms with van der Waals surface area (Å²) in [5.41, 5.74) is 25.6. The standard InChI is InChI=1S/C62H57N/c1-10-39-17-15-18-41(35-39)40-25-29-44(30-26-40)63(57-24-16-23-53-58(57)50-20-12-13-21-51(50)61(53,8)9)45-31-34-49-46-19-11-14-22-52(46)62(56(49)38-45)54-36-42(59(2,3)4)27-32-47(54)48-33-28-43(37-55(48)62)60(5,6)7/h11-38H,10H2,1-9H3. The number of benzene rings is 8. The van der Waals surface area contributed by atoms with E-state index < -0.39 is 5.41 Å². The second kappa shape index (κ2) is 13.8. The van der Waals surface area contributed by atoms with E-state index in [9.17, 15) is 0 Å². The summed E-state index contributed by atoms with van der Waals surface area (Å²) in [6.07, 6.45) is 1.02. The molecule has 0 heterocycles. The van der Waals surface area contributed by atoms with Crippen LogP contribution in [0.5, 0.6) is 0 Å². The minimum atomic E-state index is -0.498. The monoisotopic (exact) mass is 815 g/mol. The zero-order valence-corrected chi connectivity index (χ0v) is 38.3. The van der Waals surface area contributed by atoms with Crippen LogP contribution >= 0.6 is 0 Å². The third-order valence-corrected chi connectivity index (χ3v) is 14.8. The maximum absolute atomic E-state index is 2.56. The molecule has 0 saturated heterocycles. The molecule has 1 spiro atoms. The summed E-state index contributed by atoms with van der Waals surface area (Å²) < 4.78 is 0. The predicted octanol–water partition coefficient (Wildman–Crippen LogP) is 16.6. The summed E-state index contributed by atoms with van der Waals surface area (Å²) >= 11 is 0. The molecule has 0 N–H and O–H groups in total. The van der Waals surface area contributed by atoms with Crippen LogP contribution in [-0.4, -0.2) is 0 Å². The molecule has 0 radical (unpaired) electrons. The third kappa shape index (κ3) is 5.75. The van der Waals surface area contributed by atoms with Crippen molar-refractivity contribution in [1.82, 2.24) is 0 Å². The minimum Gasteiger partial charge on any atom is -0.310 e. The molecule has 0 atom stereocenters. The third-order valence-electron chi connectivity index (χ3n) is 14.8. The largest absolute Gasteiger partial charge is 0.310 e. The number of hydrogen-bond donors (Lipinski definition) is 0. The second-order valence-electron chi connectivity index (χ2n) is 20.9. The summed E-state index contributed by atoms with van der Waals surface area (Å²) in [6, 6.07) is 65.6. The molecular formula is C62H57N. The van der Waals surface area contributed by atoms with Crippen LogP contribution < -0.4 is 4.90 Å². The van der Waals surface area contributed by atoms with Crippen molar-refractivity contribution < 1.29 is 0 Å². The van der Waals surface area contributed by atoms with Gasteiger partial charge in [0.2, 0.25) is 0 Å². The number of anilines is 3. The van der Waals surface area contributed by atoms with E-state index in [1.807, 2.05) is 0 Å². The zero-order chi connectivity index (χ0) is 43.6. The van der Waals surface area contributed by atoms with Crippen LogP contribution in [0.25, 0.3) is 44.5 Å². The molecule has 3 aliphatic rings. The molecule has 0 unspecified atom stereocenters. The van der Waals surface area contributed by atoms with E-state index in [1.54, 1.807) is 0 Å². The van der Waals surface area contributed by atoms with Crippen LogP contribution in [0.3, 0.4) is 0 Å². The van der Waals surface area contributed by atoms with Crippen LogP contribution in [0.1, 0.15) is 112 Å². The fourth-order valence-electron chi connectivity index (χ4n) is 11.4. The van der Waals surface area contributed by atoms with Crippen molar-refractivity contribution in [3.63, 3.8) is 0 Å². The zero-order valence-electron chi connectivity index (χ0n) is 38.3. The number of rotatable bonds is 5. The lowest BCUT2D eigenvalue weighted by molar-refractivity contribution is 0.586. The average molecular weight is 816 g/mol. The van der Waals surface area contributed by atoms with Gasteiger partial charge in [-0.05, 0) is 137 Å². The quantitative estimate of drug-likeness (QED) is 0.167. The Bertz CT molecular complexity index is 3080. The van der Waals surface area contributed by atoms with Crippen molar-refractivity contribution in [2.75, 3.05) is 4.90 Å². The van der Waals surface area contributed by atoms with Gasteiger partial charge in [-0.15, -0.1) is 0 Å². The van der Waals surface area contributed by atoms with Gasteiger partial charge in [0.1, 0.15) is 0 Å². The second-order valence-corrected chi connectivity index (χ2v) is 20.9. The van der Waals surface area contributed by atoms with Crippen molar-refractivity contribution in [3.8, 4) is 44.5 Å². The summed E-state index contributed by atoms with van der Waals surface area (Å²) in [4.78, 5) is 2.55. The Kier molecular flexibility index (Phi) is 8.62. The molecule has 0 aromatic heterocycles. The van der Waals surface area contributed by atoms with Crippen molar-refractivity contribution in [3.05, 3.63) is 220 Å². The Morgan fingerprint density at radius 3 is 1.57 bits per heavy atom. The number of aryl methyl sites for hydroxylation is 1. The summed E-state index contributed by atoms with van der Waals surface area (Å²) in [7, 11) is 0. The van der Waals surface area contributed by atoms with Crippen LogP contribution in [0.4, 0.5) is 17.1 Å². The van der Waals surface area contributed by atoms with Gasteiger partial charge in [-0.2, -0.15) is 0 Å². The summed E-state index contributed by atoms with van der Waals surface area (Å²) in [5, 5.41) is 0. The van der Waals surface area contributed by atoms with Gasteiger partial charge in [0, 0.05) is 22.4 Å². The van der Waals surface area contributed by atoms with Crippen LogP contribution in [0.2, 0.25) is 0 Å². The highest BCUT2D eigenvalue weighted by atomic mass is 15.1. The van der Waals surface area contributed by atoms with E-state index in [0.717, 1.165) is 17.8 Å². The first-order valence-corrected chi connectivity index (χ1v) is 23.0. The van der Waals surface area contributed by atoms with Crippen LogP contribution in [0.15, 0.2) is 170 Å². The lowest BCUT2D eigenvalue weighted by Gasteiger charge is -2.34. The normalized spacial score (nSPS) is 14.7. The van der Waals surface area contributed by atoms with Gasteiger partial charge in [-0.3, -0.25) is 0 Å². The molecule has 1 heteroatoms. The average Bonchev–Trinajstić information content (AvgIpc) is 3.84. The Balaban J connectivity index is 1.20. The molecule has 11 rings (SSSR count). The Morgan fingerprint density at radius 1 is 0.413 bits per heavy atom. The molecule has 8 aromatic carbocycles. The van der Waals surface area contributed by atoms with Crippen molar-refractivity contribution in [2.24, 2.45) is 0 Å². The van der Waals surface area contributed by atoms with Crippen LogP contribution in [-0.2, 0) is 28.1 Å². The Hall–Kier alpha value is -6.44. The molecule has 0 saturated carbocycles. The highest BCUT2D eigenvalue weighted by Gasteiger charge is 2.52. The van der Waals surface area contributed by atoms with Gasteiger partial charge in [0.25, 0.3) is 0 Å². The molecule has 0 fully saturated rings. The van der Waals surface area contributed by atoms with E-state index in [-0.39, 0.29) is 16.2 Å². The fraction of sp³-hybridized carbons (Fsp3) is 0.226. The van der Waals surface area contributed by atoms with E-state index in [2.05, 4.69) is 237 Å². The number of nitrogens with zero attached hydrogens (tertiary/aromatic N) is 1. The van der Waals surface area contributed by atoms with Gasteiger partial charge in [-0.1, -0.05) is 202 Å². The van der Waals surface area contributed by atoms with E-state index in [1.165, 1.54) is 100 Å². The van der Waals surface area contributed by atoms with E-state index >= 15 is 0 Å². The first-order chi connectivity index (χ1) is 30.2. The van der Waals surface area contributed by atoms with Crippen LogP contribution in [0, 0.1) is 0 Å². The molecule has 0 aliphatic heterocycles. The number of hydrogen-bond acceptors (Lipinski definition) is 1. The smallest absolute Gasteiger partial charge is 0.0726 e. The van der Waals surface area contributed by atoms with Gasteiger partial charge >= 0.3 is 0 Å². The summed E-state index contributed by atoms with van der Waals surface area (Å²) in [6.45, 7) is 21.1. The maximum atomic E-state index is 2.56. The highest BCUT2D eigenvalue weighted by Crippen LogP contribution is 2.64. The van der Waals surface area contributed by atoms with Gasteiger partial charge < -0.3 is 4.90 Å². The van der Waals surface area contributed by atoms with Gasteiger partial charge in [0.15, 0.2) is 0 Å². The molecule has 3 aliphatic carbocycles. The fourth-order valence-corrected chi connectivity index (χ4v) is 11.4. The Labute approximate surface area is 375 Å². The molecule has 1 nitrogen and oxygen atoms in total. The van der Waals surface area contributed by atoms with Crippen molar-refractivity contribution >= 4 is 17.1 Å². The molecule has 8 aromatic rings. The molecule has 0 bridgehead atoms. The molecule has 63 heavy (non-hydrogen) atoms. The van der Waals surface area contributed by atoms with E-state index in [0.29, 0.717) is 0 Å². The lowest BCUT2D eigenvalue weighted by Crippen LogP contribution is -2.27. The Morgan fingerprint density at radius 2 is 0.937 bits per heavy atom. The molecule has 0 amide bonds. The van der Waals surface area contributed by atoms with Gasteiger partial charge in [-0.25, -0.2) is 0 Å². The first-order valence-electron chi connectivity index (χ1n) is 23.0. The number of fused-ring (bicyclic) bond motifs is 13. The van der Waals surface area contributed by atoms with Crippen molar-refractivity contribution in [2.45, 2.75) is 90.4 Å². The van der Waals surface area contributed by atoms with E-state index in [4.69, 9.17) is 0 Å². The van der Waals surface area contributed by atoms with Crippen molar-refractivity contribution in [1.29, 1.82) is 0 Å². The minimum absolute atomic E-state index is 0.0110. The maximum Gasteiger partial charge on any atom is 0.0726 e. The lowest BCUT2D eigenvalue weighted by atomic mass is 9.68.